The summed E-state index contributed by atoms with van der Waals surface area (Å²) in [4.78, 5) is 12.4. The molecule has 0 radical (unpaired) electrons. The number of amides is 1. The first-order chi connectivity index (χ1) is 11.5. The summed E-state index contributed by atoms with van der Waals surface area (Å²) in [5.41, 5.74) is -0.0772. The molecule has 1 saturated heterocycles. The number of carbonyl (C=O) groups is 1. The van der Waals surface area contributed by atoms with Crippen molar-refractivity contribution in [1.29, 1.82) is 0 Å². The first-order valence-electron chi connectivity index (χ1n) is 8.17. The lowest BCUT2D eigenvalue weighted by Crippen LogP contribution is -2.50. The quantitative estimate of drug-likeness (QED) is 0.764. The largest absolute Gasteiger partial charge is 0.478 e. The minimum Gasteiger partial charge on any atom is -0.478 e. The third-order valence-electron chi connectivity index (χ3n) is 4.60. The summed E-state index contributed by atoms with van der Waals surface area (Å²) in [5.74, 6) is 0.457. The minimum atomic E-state index is -3.04. The molecule has 3 rings (SSSR count). The Morgan fingerprint density at radius 3 is 2.36 bits per heavy atom. The van der Waals surface area contributed by atoms with Crippen molar-refractivity contribution in [2.24, 2.45) is 0 Å². The number of halogens is 2. The van der Waals surface area contributed by atoms with E-state index in [1.807, 2.05) is 12.1 Å². The Hall–Kier alpha value is -0.980. The van der Waals surface area contributed by atoms with Gasteiger partial charge in [-0.25, -0.2) is 8.42 Å². The van der Waals surface area contributed by atoms with Crippen LogP contribution in [0.5, 0.6) is 5.75 Å². The number of sulfone groups is 1. The Kier molecular flexibility index (Phi) is 4.75. The fourth-order valence-electron chi connectivity index (χ4n) is 2.95. The Balaban J connectivity index is 1.60. The highest BCUT2D eigenvalue weighted by atomic mass is 35.5. The lowest BCUT2D eigenvalue weighted by atomic mass is 10.1. The summed E-state index contributed by atoms with van der Waals surface area (Å²) in [6, 6.07) is 7.01. The predicted molar refractivity (Wildman–Crippen MR) is 98.1 cm³/mol. The lowest BCUT2D eigenvalue weighted by molar-refractivity contribution is -0.134. The second-order valence-corrected chi connectivity index (χ2v) is 11.0. The highest BCUT2D eigenvalue weighted by Gasteiger charge is 2.52. The molecule has 1 saturated carbocycles. The maximum atomic E-state index is 12.4. The molecule has 1 amide bonds. The van der Waals surface area contributed by atoms with E-state index in [0.29, 0.717) is 12.2 Å². The van der Waals surface area contributed by atoms with Crippen molar-refractivity contribution in [2.45, 2.75) is 48.6 Å². The molecule has 0 spiro atoms. The van der Waals surface area contributed by atoms with Crippen LogP contribution in [0.15, 0.2) is 24.3 Å². The summed E-state index contributed by atoms with van der Waals surface area (Å²) in [5, 5.41) is 2.77. The van der Waals surface area contributed by atoms with E-state index in [-0.39, 0.29) is 29.4 Å². The summed E-state index contributed by atoms with van der Waals surface area (Å²) in [7, 11) is -3.04. The Morgan fingerprint density at radius 2 is 1.88 bits per heavy atom. The van der Waals surface area contributed by atoms with E-state index in [0.717, 1.165) is 12.0 Å². The fraction of sp³-hybridized carbons (Fsp3) is 0.588. The Labute approximate surface area is 157 Å². The van der Waals surface area contributed by atoms with Gasteiger partial charge in [-0.3, -0.25) is 4.79 Å². The van der Waals surface area contributed by atoms with Crippen LogP contribution in [-0.4, -0.2) is 41.8 Å². The molecule has 138 valence electrons. The molecule has 1 heterocycles. The van der Waals surface area contributed by atoms with E-state index in [9.17, 15) is 13.2 Å². The number of carbonyl (C=O) groups excluding carboxylic acids is 1. The van der Waals surface area contributed by atoms with Crippen LogP contribution >= 0.6 is 23.2 Å². The molecule has 1 aromatic carbocycles. The summed E-state index contributed by atoms with van der Waals surface area (Å²) in [6.07, 6.45) is 1.17. The van der Waals surface area contributed by atoms with E-state index in [4.69, 9.17) is 27.9 Å². The summed E-state index contributed by atoms with van der Waals surface area (Å²) in [6.45, 7) is 3.31. The average molecular weight is 406 g/mol. The molecule has 5 nitrogen and oxygen atoms in total. The van der Waals surface area contributed by atoms with Crippen molar-refractivity contribution < 1.29 is 17.9 Å². The van der Waals surface area contributed by atoms with Gasteiger partial charge in [0.05, 0.1) is 11.5 Å². The van der Waals surface area contributed by atoms with E-state index in [2.05, 4.69) is 5.32 Å². The van der Waals surface area contributed by atoms with Crippen LogP contribution in [0.3, 0.4) is 0 Å². The second kappa shape index (κ2) is 6.32. The van der Waals surface area contributed by atoms with E-state index >= 15 is 0 Å². The Morgan fingerprint density at radius 1 is 1.28 bits per heavy atom. The topological polar surface area (TPSA) is 72.5 Å². The van der Waals surface area contributed by atoms with Gasteiger partial charge in [0.1, 0.15) is 10.1 Å². The molecule has 0 unspecified atom stereocenters. The number of ether oxygens (including phenoxy) is 1. The van der Waals surface area contributed by atoms with Gasteiger partial charge in [-0.2, -0.15) is 0 Å². The molecule has 2 aliphatic rings. The monoisotopic (exact) mass is 405 g/mol. The molecule has 8 heteroatoms. The van der Waals surface area contributed by atoms with Gasteiger partial charge in [-0.05, 0) is 44.4 Å². The molecular weight excluding hydrogens is 385 g/mol. The maximum absolute atomic E-state index is 12.4. The minimum absolute atomic E-state index is 0.0104. The average Bonchev–Trinajstić information content (AvgIpc) is 2.99. The SMILES string of the molecule is CC(C)(Oc1ccc([C@@H]2CC2(Cl)Cl)cc1)C(=O)N[C@H]1CCS(=O)(=O)C1. The van der Waals surface area contributed by atoms with Crippen molar-refractivity contribution in [1.82, 2.24) is 5.32 Å². The van der Waals surface area contributed by atoms with Gasteiger partial charge >= 0.3 is 0 Å². The third-order valence-corrected chi connectivity index (χ3v) is 7.20. The molecule has 2 fully saturated rings. The number of hydrogen-bond acceptors (Lipinski definition) is 4. The highest BCUT2D eigenvalue weighted by molar-refractivity contribution is 7.91. The highest BCUT2D eigenvalue weighted by Crippen LogP contribution is 2.59. The van der Waals surface area contributed by atoms with Crippen molar-refractivity contribution in [2.75, 3.05) is 11.5 Å². The normalized spacial score (nSPS) is 26.9. The zero-order valence-corrected chi connectivity index (χ0v) is 16.4. The van der Waals surface area contributed by atoms with Crippen molar-refractivity contribution in [3.05, 3.63) is 29.8 Å². The lowest BCUT2D eigenvalue weighted by Gasteiger charge is -2.27. The number of rotatable bonds is 5. The van der Waals surface area contributed by atoms with Gasteiger partial charge < -0.3 is 10.1 Å². The molecule has 2 atom stereocenters. The first kappa shape index (κ1) is 18.8. The number of benzene rings is 1. The zero-order valence-electron chi connectivity index (χ0n) is 14.1. The van der Waals surface area contributed by atoms with E-state index < -0.39 is 19.8 Å². The molecule has 1 aliphatic carbocycles. The van der Waals surface area contributed by atoms with Crippen LogP contribution in [0.2, 0.25) is 0 Å². The van der Waals surface area contributed by atoms with E-state index in [1.54, 1.807) is 26.0 Å². The number of alkyl halides is 2. The summed E-state index contributed by atoms with van der Waals surface area (Å²) < 4.78 is 28.1. The van der Waals surface area contributed by atoms with Gasteiger partial charge in [-0.1, -0.05) is 12.1 Å². The molecule has 1 N–H and O–H groups in total. The first-order valence-corrected chi connectivity index (χ1v) is 10.7. The second-order valence-electron chi connectivity index (χ2n) is 7.27. The summed E-state index contributed by atoms with van der Waals surface area (Å²) >= 11 is 12.1. The van der Waals surface area contributed by atoms with E-state index in [1.165, 1.54) is 0 Å². The van der Waals surface area contributed by atoms with Gasteiger partial charge in [0.15, 0.2) is 15.4 Å². The zero-order chi connectivity index (χ0) is 18.5. The maximum Gasteiger partial charge on any atom is 0.263 e. The van der Waals surface area contributed by atoms with Crippen LogP contribution in [-0.2, 0) is 14.6 Å². The number of nitrogens with one attached hydrogen (secondary N) is 1. The molecule has 25 heavy (non-hydrogen) atoms. The molecule has 0 aromatic heterocycles. The van der Waals surface area contributed by atoms with Crippen molar-refractivity contribution >= 4 is 38.9 Å². The van der Waals surface area contributed by atoms with Crippen LogP contribution in [0, 0.1) is 0 Å². The van der Waals surface area contributed by atoms with Gasteiger partial charge in [-0.15, -0.1) is 23.2 Å². The Bertz CT molecular complexity index is 774. The van der Waals surface area contributed by atoms with Crippen molar-refractivity contribution in [3.8, 4) is 5.75 Å². The predicted octanol–water partition coefficient (Wildman–Crippen LogP) is 2.81. The van der Waals surface area contributed by atoms with Crippen LogP contribution in [0.4, 0.5) is 0 Å². The molecule has 1 aromatic rings. The molecule has 0 bridgehead atoms. The van der Waals surface area contributed by atoms with Gasteiger partial charge in [0.2, 0.25) is 0 Å². The standard InChI is InChI=1S/C17H21Cl2NO4S/c1-16(2,15(21)20-12-7-8-25(22,23)10-12)24-13-5-3-11(4-6-13)14-9-17(14,18)19/h3-6,12,14H,7-10H2,1-2H3,(H,20,21)/t12-,14-/m0/s1. The van der Waals surface area contributed by atoms with Crippen LogP contribution in [0.1, 0.15) is 38.2 Å². The van der Waals surface area contributed by atoms with Crippen molar-refractivity contribution in [3.63, 3.8) is 0 Å². The number of hydrogen-bond donors (Lipinski definition) is 1. The van der Waals surface area contributed by atoms with Gasteiger partial charge in [0, 0.05) is 12.0 Å². The smallest absolute Gasteiger partial charge is 0.263 e. The van der Waals surface area contributed by atoms with Crippen LogP contribution in [0.25, 0.3) is 0 Å². The fourth-order valence-corrected chi connectivity index (χ4v) is 5.19. The third kappa shape index (κ3) is 4.41. The van der Waals surface area contributed by atoms with Gasteiger partial charge in [0.25, 0.3) is 5.91 Å². The van der Waals surface area contributed by atoms with Crippen LogP contribution < -0.4 is 10.1 Å². The molecular formula is C17H21Cl2NO4S. The molecule has 1 aliphatic heterocycles.